The van der Waals surface area contributed by atoms with Crippen molar-refractivity contribution in [2.24, 2.45) is 5.92 Å². The van der Waals surface area contributed by atoms with E-state index >= 15 is 0 Å². The quantitative estimate of drug-likeness (QED) is 0.545. The molecule has 2 aromatic rings. The van der Waals surface area contributed by atoms with Gasteiger partial charge in [-0.3, -0.25) is 0 Å². The molecule has 1 saturated heterocycles. The largest absolute Gasteiger partial charge is 0.340 e. The molecule has 0 spiro atoms. The average molecular weight is 387 g/mol. The summed E-state index contributed by atoms with van der Waals surface area (Å²) < 4.78 is 0. The highest BCUT2D eigenvalue weighted by Gasteiger charge is 2.23. The van der Waals surface area contributed by atoms with Gasteiger partial charge in [0.1, 0.15) is 0 Å². The summed E-state index contributed by atoms with van der Waals surface area (Å²) >= 11 is 8.16. The molecule has 0 amide bonds. The fourth-order valence-corrected chi connectivity index (χ4v) is 5.34. The van der Waals surface area contributed by atoms with Crippen molar-refractivity contribution in [3.8, 4) is 0 Å². The van der Waals surface area contributed by atoms with E-state index in [9.17, 15) is 0 Å². The Morgan fingerprint density at radius 2 is 1.77 bits per heavy atom. The first-order valence-corrected chi connectivity index (χ1v) is 10.9. The molecule has 0 radical (unpaired) electrons. The third-order valence-corrected chi connectivity index (χ3v) is 7.04. The Kier molecular flexibility index (Phi) is 5.78. The molecule has 2 aliphatic rings. The summed E-state index contributed by atoms with van der Waals surface area (Å²) in [5.41, 5.74) is 2.59. The van der Waals surface area contributed by atoms with Crippen LogP contribution in [-0.2, 0) is 0 Å². The molecule has 1 fully saturated rings. The van der Waals surface area contributed by atoms with E-state index in [4.69, 9.17) is 11.6 Å². The summed E-state index contributed by atoms with van der Waals surface area (Å²) in [5.74, 6) is 0.928. The highest BCUT2D eigenvalue weighted by atomic mass is 35.5. The molecule has 138 valence electrons. The summed E-state index contributed by atoms with van der Waals surface area (Å²) in [6.07, 6.45) is 6.67. The fraction of sp³-hybridized carbons (Fsp3) is 0.455. The molecule has 2 aromatic carbocycles. The van der Waals surface area contributed by atoms with E-state index in [0.29, 0.717) is 0 Å². The van der Waals surface area contributed by atoms with Crippen LogP contribution in [0.3, 0.4) is 0 Å². The van der Waals surface area contributed by atoms with Crippen LogP contribution in [0.15, 0.2) is 52.3 Å². The van der Waals surface area contributed by atoms with Gasteiger partial charge in [-0.15, -0.1) is 0 Å². The predicted molar refractivity (Wildman–Crippen MR) is 113 cm³/mol. The molecular weight excluding hydrogens is 360 g/mol. The monoisotopic (exact) mass is 386 g/mol. The number of benzene rings is 2. The predicted octanol–water partition coefficient (Wildman–Crippen LogP) is 6.45. The molecule has 4 heteroatoms. The van der Waals surface area contributed by atoms with Crippen molar-refractivity contribution in [1.29, 1.82) is 0 Å². The lowest BCUT2D eigenvalue weighted by Crippen LogP contribution is -2.30. The standard InChI is InChI=1S/C22H27ClN2S/c1-24-14-11-17(12-15-24)6-4-5-13-25-19-7-2-3-8-21(19)26-22-10-9-18(23)16-20(22)25/h2-3,7-10,16-17H,4-6,11-15H2,1H3. The van der Waals surface area contributed by atoms with Crippen LogP contribution >= 0.6 is 23.4 Å². The summed E-state index contributed by atoms with van der Waals surface area (Å²) in [7, 11) is 2.24. The van der Waals surface area contributed by atoms with Gasteiger partial charge in [0.25, 0.3) is 0 Å². The third kappa shape index (κ3) is 4.05. The number of anilines is 2. The zero-order valence-electron chi connectivity index (χ0n) is 15.5. The van der Waals surface area contributed by atoms with Crippen molar-refractivity contribution in [1.82, 2.24) is 4.90 Å². The van der Waals surface area contributed by atoms with Gasteiger partial charge in [-0.25, -0.2) is 0 Å². The number of hydrogen-bond donors (Lipinski definition) is 0. The van der Waals surface area contributed by atoms with Gasteiger partial charge in [-0.2, -0.15) is 0 Å². The second kappa shape index (κ2) is 8.24. The van der Waals surface area contributed by atoms with Gasteiger partial charge in [0.2, 0.25) is 0 Å². The van der Waals surface area contributed by atoms with Gasteiger partial charge >= 0.3 is 0 Å². The second-order valence-corrected chi connectivity index (χ2v) is 9.10. The number of likely N-dealkylation sites (tertiary alicyclic amines) is 1. The molecule has 2 heterocycles. The molecule has 0 aromatic heterocycles. The van der Waals surface area contributed by atoms with Gasteiger partial charge in [0, 0.05) is 21.4 Å². The lowest BCUT2D eigenvalue weighted by Gasteiger charge is -2.33. The Morgan fingerprint density at radius 1 is 1.00 bits per heavy atom. The zero-order chi connectivity index (χ0) is 17.9. The summed E-state index contributed by atoms with van der Waals surface area (Å²) in [5, 5.41) is 0.819. The molecule has 0 atom stereocenters. The fourth-order valence-electron chi connectivity index (χ4n) is 4.10. The van der Waals surface area contributed by atoms with Gasteiger partial charge in [-0.05, 0) is 75.6 Å². The lowest BCUT2D eigenvalue weighted by molar-refractivity contribution is 0.210. The summed E-state index contributed by atoms with van der Waals surface area (Å²) in [4.78, 5) is 7.59. The minimum atomic E-state index is 0.819. The first-order valence-electron chi connectivity index (χ1n) is 9.73. The Balaban J connectivity index is 1.42. The number of halogens is 1. The second-order valence-electron chi connectivity index (χ2n) is 7.58. The van der Waals surface area contributed by atoms with Crippen molar-refractivity contribution >= 4 is 34.7 Å². The Morgan fingerprint density at radius 3 is 2.62 bits per heavy atom. The molecule has 0 unspecified atom stereocenters. The van der Waals surface area contributed by atoms with Gasteiger partial charge in [0.05, 0.1) is 11.4 Å². The maximum atomic E-state index is 6.30. The Labute approximate surface area is 166 Å². The van der Waals surface area contributed by atoms with E-state index in [1.807, 2.05) is 17.8 Å². The van der Waals surface area contributed by atoms with Crippen LogP contribution in [0.25, 0.3) is 0 Å². The first kappa shape index (κ1) is 18.2. The number of nitrogens with zero attached hydrogens (tertiary/aromatic N) is 2. The highest BCUT2D eigenvalue weighted by molar-refractivity contribution is 7.99. The van der Waals surface area contributed by atoms with Crippen LogP contribution in [-0.4, -0.2) is 31.6 Å². The van der Waals surface area contributed by atoms with E-state index in [-0.39, 0.29) is 0 Å². The number of fused-ring (bicyclic) bond motifs is 2. The highest BCUT2D eigenvalue weighted by Crippen LogP contribution is 2.48. The molecule has 0 aliphatic carbocycles. The summed E-state index contributed by atoms with van der Waals surface area (Å²) in [6, 6.07) is 15.0. The maximum Gasteiger partial charge on any atom is 0.0567 e. The maximum absolute atomic E-state index is 6.30. The molecular formula is C22H27ClN2S. The smallest absolute Gasteiger partial charge is 0.0567 e. The topological polar surface area (TPSA) is 6.48 Å². The van der Waals surface area contributed by atoms with Gasteiger partial charge < -0.3 is 9.80 Å². The van der Waals surface area contributed by atoms with E-state index < -0.39 is 0 Å². The number of rotatable bonds is 5. The van der Waals surface area contributed by atoms with Crippen molar-refractivity contribution in [2.75, 3.05) is 31.6 Å². The first-order chi connectivity index (χ1) is 12.7. The zero-order valence-corrected chi connectivity index (χ0v) is 17.0. The van der Waals surface area contributed by atoms with Gasteiger partial charge in [0.15, 0.2) is 0 Å². The van der Waals surface area contributed by atoms with Crippen LogP contribution in [0.5, 0.6) is 0 Å². The molecule has 2 aliphatic heterocycles. The van der Waals surface area contributed by atoms with Crippen LogP contribution in [0, 0.1) is 5.92 Å². The molecule has 0 bridgehead atoms. The van der Waals surface area contributed by atoms with E-state index in [1.165, 1.54) is 66.4 Å². The average Bonchev–Trinajstić information content (AvgIpc) is 2.66. The lowest BCUT2D eigenvalue weighted by atomic mass is 9.92. The van der Waals surface area contributed by atoms with Crippen molar-refractivity contribution in [2.45, 2.75) is 41.9 Å². The van der Waals surface area contributed by atoms with Crippen molar-refractivity contribution < 1.29 is 0 Å². The SMILES string of the molecule is CN1CCC(CCCCN2c3ccccc3Sc3ccc(Cl)cc32)CC1. The van der Waals surface area contributed by atoms with Gasteiger partial charge in [-0.1, -0.05) is 48.3 Å². The van der Waals surface area contributed by atoms with Crippen LogP contribution in [0.1, 0.15) is 32.1 Å². The Bertz CT molecular complexity index is 756. The number of unbranched alkanes of at least 4 members (excludes halogenated alkanes) is 1. The minimum Gasteiger partial charge on any atom is -0.340 e. The number of piperidine rings is 1. The van der Waals surface area contributed by atoms with Crippen LogP contribution in [0.4, 0.5) is 11.4 Å². The van der Waals surface area contributed by atoms with E-state index in [1.54, 1.807) is 0 Å². The van der Waals surface area contributed by atoms with E-state index in [0.717, 1.165) is 17.5 Å². The summed E-state index contributed by atoms with van der Waals surface area (Å²) in [6.45, 7) is 3.61. The molecule has 2 nitrogen and oxygen atoms in total. The van der Waals surface area contributed by atoms with Crippen molar-refractivity contribution in [3.05, 3.63) is 47.5 Å². The third-order valence-electron chi connectivity index (χ3n) is 5.67. The molecule has 0 saturated carbocycles. The normalized spacial score (nSPS) is 17.8. The van der Waals surface area contributed by atoms with Crippen LogP contribution in [0.2, 0.25) is 5.02 Å². The number of para-hydroxylation sites is 1. The molecule has 4 rings (SSSR count). The van der Waals surface area contributed by atoms with E-state index in [2.05, 4.69) is 53.2 Å². The minimum absolute atomic E-state index is 0.819. The Hall–Kier alpha value is -1.16. The van der Waals surface area contributed by atoms with Crippen LogP contribution < -0.4 is 4.90 Å². The molecule has 26 heavy (non-hydrogen) atoms. The van der Waals surface area contributed by atoms with Crippen molar-refractivity contribution in [3.63, 3.8) is 0 Å². The number of hydrogen-bond acceptors (Lipinski definition) is 3. The molecule has 0 N–H and O–H groups in total.